The summed E-state index contributed by atoms with van der Waals surface area (Å²) in [6, 6.07) is 0. The quantitative estimate of drug-likeness (QED) is 0.758. The molecule has 0 aliphatic rings. The van der Waals surface area contributed by atoms with E-state index in [-0.39, 0.29) is 18.0 Å². The van der Waals surface area contributed by atoms with Crippen molar-refractivity contribution < 1.29 is 18.3 Å². The smallest absolute Gasteiger partial charge is 0.358 e. The van der Waals surface area contributed by atoms with Crippen LogP contribution in [0.25, 0.3) is 0 Å². The summed E-state index contributed by atoms with van der Waals surface area (Å²) < 4.78 is 23.3. The number of hydrogen-bond donors (Lipinski definition) is 1. The van der Waals surface area contributed by atoms with E-state index in [4.69, 9.17) is 5.11 Å². The van der Waals surface area contributed by atoms with Gasteiger partial charge in [-0.25, -0.2) is 17.9 Å². The molecule has 90 valence electrons. The Labute approximate surface area is 93.0 Å². The molecule has 8 heteroatoms. The minimum Gasteiger partial charge on any atom is -0.476 e. The highest BCUT2D eigenvalue weighted by molar-refractivity contribution is 7.90. The van der Waals surface area contributed by atoms with Gasteiger partial charge in [-0.1, -0.05) is 12.1 Å². The summed E-state index contributed by atoms with van der Waals surface area (Å²) in [5.41, 5.74) is 0.326. The summed E-state index contributed by atoms with van der Waals surface area (Å²) >= 11 is 0. The highest BCUT2D eigenvalue weighted by Crippen LogP contribution is 2.06. The van der Waals surface area contributed by atoms with Crippen molar-refractivity contribution in [1.29, 1.82) is 0 Å². The van der Waals surface area contributed by atoms with Gasteiger partial charge in [0.1, 0.15) is 9.84 Å². The molecule has 0 aromatic carbocycles. The minimum atomic E-state index is -3.09. The molecule has 0 fully saturated rings. The fourth-order valence-electron chi connectivity index (χ4n) is 1.28. The van der Waals surface area contributed by atoms with E-state index < -0.39 is 15.8 Å². The van der Waals surface area contributed by atoms with Crippen LogP contribution in [0.2, 0.25) is 0 Å². The lowest BCUT2D eigenvalue weighted by atomic mass is 10.2. The standard InChI is InChI=1S/C8H13N3O4S/c1-3-6-7(8(12)13)9-10-11(6)4-5-16(2,14)15/h3-5H2,1-2H3,(H,12,13). The maximum absolute atomic E-state index is 11.0. The highest BCUT2D eigenvalue weighted by Gasteiger charge is 2.17. The van der Waals surface area contributed by atoms with Gasteiger partial charge in [0.2, 0.25) is 0 Å². The van der Waals surface area contributed by atoms with E-state index in [2.05, 4.69) is 10.3 Å². The predicted molar refractivity (Wildman–Crippen MR) is 56.1 cm³/mol. The molecule has 0 unspecified atom stereocenters. The zero-order valence-electron chi connectivity index (χ0n) is 9.04. The van der Waals surface area contributed by atoms with Gasteiger partial charge in [-0.05, 0) is 6.42 Å². The number of aromatic nitrogens is 3. The normalized spacial score (nSPS) is 11.6. The average Bonchev–Trinajstić information content (AvgIpc) is 2.56. The lowest BCUT2D eigenvalue weighted by molar-refractivity contribution is 0.0689. The van der Waals surface area contributed by atoms with Crippen molar-refractivity contribution >= 4 is 15.8 Å². The summed E-state index contributed by atoms with van der Waals surface area (Å²) in [6.45, 7) is 1.89. The molecule has 0 bridgehead atoms. The van der Waals surface area contributed by atoms with Gasteiger partial charge in [0.15, 0.2) is 5.69 Å². The number of carboxylic acid groups (broad SMARTS) is 1. The van der Waals surface area contributed by atoms with E-state index in [1.54, 1.807) is 6.92 Å². The fraction of sp³-hybridized carbons (Fsp3) is 0.625. The van der Waals surface area contributed by atoms with Gasteiger partial charge in [-0.2, -0.15) is 0 Å². The predicted octanol–water partition coefficient (Wildman–Crippen LogP) is -0.417. The van der Waals surface area contributed by atoms with Crippen molar-refractivity contribution in [3.8, 4) is 0 Å². The van der Waals surface area contributed by atoms with Gasteiger partial charge in [-0.15, -0.1) is 5.10 Å². The van der Waals surface area contributed by atoms with Crippen LogP contribution in [0.3, 0.4) is 0 Å². The molecule has 0 saturated heterocycles. The SMILES string of the molecule is CCc1c(C(=O)O)nnn1CCS(C)(=O)=O. The van der Waals surface area contributed by atoms with Crippen molar-refractivity contribution in [2.75, 3.05) is 12.0 Å². The van der Waals surface area contributed by atoms with Crippen molar-refractivity contribution in [2.24, 2.45) is 0 Å². The largest absolute Gasteiger partial charge is 0.476 e. The van der Waals surface area contributed by atoms with Crippen LogP contribution in [-0.2, 0) is 22.8 Å². The van der Waals surface area contributed by atoms with E-state index >= 15 is 0 Å². The van der Waals surface area contributed by atoms with Crippen LogP contribution in [-0.4, -0.2) is 46.5 Å². The first-order valence-electron chi connectivity index (χ1n) is 4.68. The Morgan fingerprint density at radius 3 is 2.56 bits per heavy atom. The number of aryl methyl sites for hydroxylation is 1. The Kier molecular flexibility index (Phi) is 3.63. The van der Waals surface area contributed by atoms with E-state index in [1.165, 1.54) is 4.68 Å². The molecular formula is C8H13N3O4S. The first-order chi connectivity index (χ1) is 7.35. The third-order valence-electron chi connectivity index (χ3n) is 2.05. The van der Waals surface area contributed by atoms with Gasteiger partial charge < -0.3 is 5.11 Å². The second-order valence-electron chi connectivity index (χ2n) is 3.40. The first kappa shape index (κ1) is 12.6. The summed E-state index contributed by atoms with van der Waals surface area (Å²) in [5, 5.41) is 15.9. The minimum absolute atomic E-state index is 0.0809. The van der Waals surface area contributed by atoms with Crippen molar-refractivity contribution in [2.45, 2.75) is 19.9 Å². The maximum Gasteiger partial charge on any atom is 0.358 e. The average molecular weight is 247 g/mol. The monoisotopic (exact) mass is 247 g/mol. The van der Waals surface area contributed by atoms with Gasteiger partial charge in [0.05, 0.1) is 18.0 Å². The fourth-order valence-corrected chi connectivity index (χ4v) is 1.79. The lowest BCUT2D eigenvalue weighted by Crippen LogP contribution is -2.15. The van der Waals surface area contributed by atoms with Crippen LogP contribution in [0.5, 0.6) is 0 Å². The van der Waals surface area contributed by atoms with Crippen molar-refractivity contribution in [3.63, 3.8) is 0 Å². The lowest BCUT2D eigenvalue weighted by Gasteiger charge is -2.03. The third kappa shape index (κ3) is 3.02. The molecule has 1 aromatic rings. The Morgan fingerprint density at radius 1 is 1.50 bits per heavy atom. The maximum atomic E-state index is 11.0. The molecule has 16 heavy (non-hydrogen) atoms. The Bertz CT molecular complexity index is 491. The van der Waals surface area contributed by atoms with Crippen LogP contribution in [0.15, 0.2) is 0 Å². The Hall–Kier alpha value is -1.44. The Morgan fingerprint density at radius 2 is 2.12 bits per heavy atom. The van der Waals surface area contributed by atoms with Crippen LogP contribution < -0.4 is 0 Å². The van der Waals surface area contributed by atoms with Crippen LogP contribution >= 0.6 is 0 Å². The molecule has 1 rings (SSSR count). The molecule has 1 heterocycles. The van der Waals surface area contributed by atoms with E-state index in [1.807, 2.05) is 0 Å². The number of carboxylic acids is 1. The molecule has 1 aromatic heterocycles. The van der Waals surface area contributed by atoms with Gasteiger partial charge in [0, 0.05) is 6.26 Å². The molecule has 0 aliphatic carbocycles. The summed E-state index contributed by atoms with van der Waals surface area (Å²) in [6.07, 6.45) is 1.56. The molecule has 0 aliphatic heterocycles. The molecule has 0 radical (unpaired) electrons. The van der Waals surface area contributed by atoms with E-state index in [0.717, 1.165) is 6.26 Å². The second kappa shape index (κ2) is 4.60. The number of hydrogen-bond acceptors (Lipinski definition) is 5. The second-order valence-corrected chi connectivity index (χ2v) is 5.66. The first-order valence-corrected chi connectivity index (χ1v) is 6.74. The zero-order valence-corrected chi connectivity index (χ0v) is 9.86. The molecule has 7 nitrogen and oxygen atoms in total. The Balaban J connectivity index is 2.93. The molecule has 0 amide bonds. The third-order valence-corrected chi connectivity index (χ3v) is 2.97. The van der Waals surface area contributed by atoms with Crippen LogP contribution in [0, 0.1) is 0 Å². The number of nitrogens with zero attached hydrogens (tertiary/aromatic N) is 3. The van der Waals surface area contributed by atoms with Crippen molar-refractivity contribution in [3.05, 3.63) is 11.4 Å². The van der Waals surface area contributed by atoms with Crippen LogP contribution in [0.4, 0.5) is 0 Å². The molecule has 0 atom stereocenters. The molecular weight excluding hydrogens is 234 g/mol. The van der Waals surface area contributed by atoms with Crippen LogP contribution in [0.1, 0.15) is 23.1 Å². The van der Waals surface area contributed by atoms with E-state index in [0.29, 0.717) is 12.1 Å². The van der Waals surface area contributed by atoms with Gasteiger partial charge >= 0.3 is 5.97 Å². The number of sulfone groups is 1. The van der Waals surface area contributed by atoms with E-state index in [9.17, 15) is 13.2 Å². The van der Waals surface area contributed by atoms with Crippen molar-refractivity contribution in [1.82, 2.24) is 15.0 Å². The molecule has 1 N–H and O–H groups in total. The highest BCUT2D eigenvalue weighted by atomic mass is 32.2. The van der Waals surface area contributed by atoms with Gasteiger partial charge in [0.25, 0.3) is 0 Å². The summed E-state index contributed by atoms with van der Waals surface area (Å²) in [5.74, 6) is -1.23. The number of aromatic carboxylic acids is 1. The number of carbonyl (C=O) groups is 1. The number of rotatable bonds is 5. The topological polar surface area (TPSA) is 102 Å². The molecule has 0 spiro atoms. The molecule has 0 saturated carbocycles. The summed E-state index contributed by atoms with van der Waals surface area (Å²) in [4.78, 5) is 10.8. The zero-order chi connectivity index (χ0) is 12.3. The van der Waals surface area contributed by atoms with Gasteiger partial charge in [-0.3, -0.25) is 0 Å². The summed E-state index contributed by atoms with van der Waals surface area (Å²) in [7, 11) is -3.09.